The molecule has 0 fully saturated rings. The highest BCUT2D eigenvalue weighted by molar-refractivity contribution is 5.79. The monoisotopic (exact) mass is 230 g/mol. The molecule has 17 heavy (non-hydrogen) atoms. The number of H-pyrrole nitrogens is 1. The quantitative estimate of drug-likeness (QED) is 0.632. The molecule has 1 aromatic carbocycles. The number of nitrogens with two attached hydrogens (primary N) is 1. The zero-order valence-electron chi connectivity index (χ0n) is 9.30. The lowest BCUT2D eigenvalue weighted by molar-refractivity contribution is 0.276. The first-order valence-electron chi connectivity index (χ1n) is 5.62. The van der Waals surface area contributed by atoms with Gasteiger partial charge in [0, 0.05) is 18.8 Å². The highest BCUT2D eigenvalue weighted by atomic mass is 16.3. The van der Waals surface area contributed by atoms with Gasteiger partial charge in [-0.3, -0.25) is 4.40 Å². The van der Waals surface area contributed by atoms with Gasteiger partial charge in [0.25, 0.3) is 0 Å². The Kier molecular flexibility index (Phi) is 2.35. The normalized spacial score (nSPS) is 13.5. The average molecular weight is 230 g/mol. The third-order valence-electron chi connectivity index (χ3n) is 2.96. The van der Waals surface area contributed by atoms with Crippen LogP contribution in [0.4, 0.5) is 0 Å². The summed E-state index contributed by atoms with van der Waals surface area (Å²) < 4.78 is 1.99. The molecule has 0 radical (unpaired) electrons. The molecular formula is C12H14N4O. The molecule has 2 heterocycles. The van der Waals surface area contributed by atoms with Gasteiger partial charge in [0.05, 0.1) is 16.7 Å². The largest absolute Gasteiger partial charge is 0.396 e. The third kappa shape index (κ3) is 1.60. The number of para-hydroxylation sites is 2. The van der Waals surface area contributed by atoms with Crippen LogP contribution in [0.1, 0.15) is 18.2 Å². The Morgan fingerprint density at radius 3 is 3.06 bits per heavy atom. The van der Waals surface area contributed by atoms with Gasteiger partial charge in [-0.1, -0.05) is 12.1 Å². The molecule has 3 rings (SSSR count). The summed E-state index contributed by atoms with van der Waals surface area (Å²) in [4.78, 5) is 7.65. The molecule has 0 bridgehead atoms. The first kappa shape index (κ1) is 10.3. The van der Waals surface area contributed by atoms with Crippen LogP contribution in [0, 0.1) is 0 Å². The van der Waals surface area contributed by atoms with Crippen LogP contribution < -0.4 is 5.73 Å². The van der Waals surface area contributed by atoms with Gasteiger partial charge in [0.1, 0.15) is 0 Å². The summed E-state index contributed by atoms with van der Waals surface area (Å²) >= 11 is 0. The van der Waals surface area contributed by atoms with Gasteiger partial charge < -0.3 is 15.8 Å². The Morgan fingerprint density at radius 2 is 2.24 bits per heavy atom. The third-order valence-corrected chi connectivity index (χ3v) is 2.96. The fourth-order valence-electron chi connectivity index (χ4n) is 2.05. The van der Waals surface area contributed by atoms with E-state index in [4.69, 9.17) is 10.8 Å². The van der Waals surface area contributed by atoms with Gasteiger partial charge >= 0.3 is 0 Å². The van der Waals surface area contributed by atoms with Crippen molar-refractivity contribution < 1.29 is 5.11 Å². The number of hydrogen-bond acceptors (Lipinski definition) is 3. The van der Waals surface area contributed by atoms with Crippen LogP contribution in [0.15, 0.2) is 30.5 Å². The Bertz CT molecular complexity index is 655. The number of nitrogens with one attached hydrogen (secondary N) is 1. The SMILES string of the molecule is NC(CCO)c1cn2c(nc3ccccc32)[nH]1. The predicted molar refractivity (Wildman–Crippen MR) is 65.7 cm³/mol. The molecule has 2 aromatic heterocycles. The first-order chi connectivity index (χ1) is 8.29. The predicted octanol–water partition coefficient (Wildman–Crippen LogP) is 1.20. The number of aromatic nitrogens is 3. The maximum Gasteiger partial charge on any atom is 0.212 e. The van der Waals surface area contributed by atoms with Crippen molar-refractivity contribution in [3.8, 4) is 0 Å². The number of hydrogen-bond donors (Lipinski definition) is 3. The van der Waals surface area contributed by atoms with Crippen molar-refractivity contribution in [1.29, 1.82) is 0 Å². The zero-order chi connectivity index (χ0) is 11.8. The average Bonchev–Trinajstić information content (AvgIpc) is 2.86. The fraction of sp³-hybridized carbons (Fsp3) is 0.250. The maximum atomic E-state index is 8.88. The summed E-state index contributed by atoms with van der Waals surface area (Å²) in [7, 11) is 0. The minimum atomic E-state index is -0.180. The Hall–Kier alpha value is -1.85. The number of imidazole rings is 2. The number of fused-ring (bicyclic) bond motifs is 3. The number of nitrogens with zero attached hydrogens (tertiary/aromatic N) is 2. The molecule has 0 aliphatic carbocycles. The van der Waals surface area contributed by atoms with Crippen LogP contribution in [0.3, 0.4) is 0 Å². The molecule has 4 N–H and O–H groups in total. The maximum absolute atomic E-state index is 8.88. The lowest BCUT2D eigenvalue weighted by Crippen LogP contribution is -2.12. The van der Waals surface area contributed by atoms with Gasteiger partial charge in [-0.25, -0.2) is 4.98 Å². The fourth-order valence-corrected chi connectivity index (χ4v) is 2.05. The number of aliphatic hydroxyl groups is 1. The van der Waals surface area contributed by atoms with Crippen LogP contribution in [0.5, 0.6) is 0 Å². The van der Waals surface area contributed by atoms with Gasteiger partial charge in [-0.05, 0) is 18.6 Å². The molecule has 0 saturated carbocycles. The first-order valence-corrected chi connectivity index (χ1v) is 5.62. The Labute approximate surface area is 97.9 Å². The number of aromatic amines is 1. The summed E-state index contributed by atoms with van der Waals surface area (Å²) in [6.07, 6.45) is 2.49. The van der Waals surface area contributed by atoms with E-state index in [2.05, 4.69) is 9.97 Å². The molecule has 3 aromatic rings. The van der Waals surface area contributed by atoms with Crippen LogP contribution in [-0.4, -0.2) is 26.1 Å². The van der Waals surface area contributed by atoms with E-state index in [1.165, 1.54) is 0 Å². The molecule has 5 nitrogen and oxygen atoms in total. The van der Waals surface area contributed by atoms with Gasteiger partial charge in [-0.2, -0.15) is 0 Å². The van der Waals surface area contributed by atoms with E-state index in [1.807, 2.05) is 34.9 Å². The molecular weight excluding hydrogens is 216 g/mol. The highest BCUT2D eigenvalue weighted by Gasteiger charge is 2.11. The van der Waals surface area contributed by atoms with E-state index >= 15 is 0 Å². The van der Waals surface area contributed by atoms with Gasteiger partial charge in [0.2, 0.25) is 5.78 Å². The topological polar surface area (TPSA) is 79.3 Å². The van der Waals surface area contributed by atoms with Crippen LogP contribution in [-0.2, 0) is 0 Å². The van der Waals surface area contributed by atoms with Crippen LogP contribution in [0.2, 0.25) is 0 Å². The summed E-state index contributed by atoms with van der Waals surface area (Å²) in [6, 6.07) is 7.76. The van der Waals surface area contributed by atoms with Crippen molar-refractivity contribution in [3.63, 3.8) is 0 Å². The van der Waals surface area contributed by atoms with Crippen molar-refractivity contribution in [3.05, 3.63) is 36.2 Å². The second kappa shape index (κ2) is 3.87. The minimum Gasteiger partial charge on any atom is -0.396 e. The number of benzene rings is 1. The van der Waals surface area contributed by atoms with Crippen molar-refractivity contribution in [2.75, 3.05) is 6.61 Å². The molecule has 0 amide bonds. The van der Waals surface area contributed by atoms with E-state index in [1.54, 1.807) is 0 Å². The highest BCUT2D eigenvalue weighted by Crippen LogP contribution is 2.19. The molecule has 1 unspecified atom stereocenters. The molecule has 0 spiro atoms. The molecule has 1 atom stereocenters. The van der Waals surface area contributed by atoms with Crippen LogP contribution >= 0.6 is 0 Å². The lowest BCUT2D eigenvalue weighted by atomic mass is 10.2. The Balaban J connectivity index is 2.13. The minimum absolute atomic E-state index is 0.0866. The van der Waals surface area contributed by atoms with E-state index in [9.17, 15) is 0 Å². The van der Waals surface area contributed by atoms with Gasteiger partial charge in [0.15, 0.2) is 0 Å². The molecule has 0 aliphatic rings. The summed E-state index contributed by atoms with van der Waals surface area (Å²) in [5, 5.41) is 8.88. The van der Waals surface area contributed by atoms with E-state index < -0.39 is 0 Å². The summed E-state index contributed by atoms with van der Waals surface area (Å²) in [6.45, 7) is 0.0866. The second-order valence-electron chi connectivity index (χ2n) is 4.12. The summed E-state index contributed by atoms with van der Waals surface area (Å²) in [5.41, 5.74) is 8.85. The van der Waals surface area contributed by atoms with Gasteiger partial charge in [-0.15, -0.1) is 0 Å². The number of aliphatic hydroxyl groups excluding tert-OH is 1. The zero-order valence-corrected chi connectivity index (χ0v) is 9.30. The van der Waals surface area contributed by atoms with E-state index in [0.29, 0.717) is 6.42 Å². The molecule has 0 saturated heterocycles. The van der Waals surface area contributed by atoms with Crippen molar-refractivity contribution in [2.24, 2.45) is 5.73 Å². The smallest absolute Gasteiger partial charge is 0.212 e. The van der Waals surface area contributed by atoms with E-state index in [-0.39, 0.29) is 12.6 Å². The standard InChI is InChI=1S/C12H14N4O/c13-8(5-6-17)10-7-16-11-4-2-1-3-9(11)14-12(16)15-10/h1-4,7-8,17H,5-6,13H2,(H,14,15). The molecule has 0 aliphatic heterocycles. The molecule has 5 heteroatoms. The molecule has 88 valence electrons. The number of rotatable bonds is 3. The van der Waals surface area contributed by atoms with E-state index in [0.717, 1.165) is 22.5 Å². The van der Waals surface area contributed by atoms with Crippen LogP contribution in [0.25, 0.3) is 16.8 Å². The van der Waals surface area contributed by atoms with Crippen molar-refractivity contribution in [1.82, 2.24) is 14.4 Å². The van der Waals surface area contributed by atoms with Crippen molar-refractivity contribution in [2.45, 2.75) is 12.5 Å². The lowest BCUT2D eigenvalue weighted by Gasteiger charge is -2.05. The second-order valence-corrected chi connectivity index (χ2v) is 4.12. The summed E-state index contributed by atoms with van der Waals surface area (Å²) in [5.74, 6) is 0.787. The Morgan fingerprint density at radius 1 is 1.41 bits per heavy atom. The van der Waals surface area contributed by atoms with Crippen molar-refractivity contribution >= 4 is 16.8 Å².